The van der Waals surface area contributed by atoms with E-state index in [4.69, 9.17) is 0 Å². The standard InChI is InChI=1S/C38H30N2O3S/c41-36(39-38(20-21-38)31-17-15-29(16-18-31)37(42)43)34-24-33(44-32-9-5-2-6-10-32)23-30-19-22-40(35(30)34)25-26-11-13-28(14-12-26)27-7-3-1-4-8-27/h1-19,22-24H,20-21,25H2,(H,39,41)(H,42,43). The molecule has 7 rings (SSSR count). The molecule has 5 nitrogen and oxygen atoms in total. The maximum Gasteiger partial charge on any atom is 0.335 e. The summed E-state index contributed by atoms with van der Waals surface area (Å²) in [6.07, 6.45) is 3.67. The van der Waals surface area contributed by atoms with Gasteiger partial charge in [-0.1, -0.05) is 96.7 Å². The van der Waals surface area contributed by atoms with E-state index in [1.54, 1.807) is 23.9 Å². The topological polar surface area (TPSA) is 71.3 Å². The zero-order valence-electron chi connectivity index (χ0n) is 23.9. The average Bonchev–Trinajstić information content (AvgIpc) is 3.74. The number of carboxylic acids is 1. The summed E-state index contributed by atoms with van der Waals surface area (Å²) in [4.78, 5) is 27.6. The van der Waals surface area contributed by atoms with Crippen LogP contribution in [-0.4, -0.2) is 21.6 Å². The van der Waals surface area contributed by atoms with Gasteiger partial charge in [-0.25, -0.2) is 4.79 Å². The molecule has 1 aliphatic carbocycles. The molecule has 216 valence electrons. The van der Waals surface area contributed by atoms with Gasteiger partial charge in [0.25, 0.3) is 5.91 Å². The number of carbonyl (C=O) groups is 2. The molecule has 2 N–H and O–H groups in total. The monoisotopic (exact) mass is 594 g/mol. The Bertz CT molecular complexity index is 1960. The van der Waals surface area contributed by atoms with Crippen LogP contribution in [0, 0.1) is 0 Å². The highest BCUT2D eigenvalue weighted by Gasteiger charge is 2.46. The van der Waals surface area contributed by atoms with Crippen LogP contribution in [0.15, 0.2) is 143 Å². The van der Waals surface area contributed by atoms with Crippen molar-refractivity contribution in [2.45, 2.75) is 34.7 Å². The number of carbonyl (C=O) groups excluding carboxylic acids is 1. The molecule has 0 aliphatic heterocycles. The van der Waals surface area contributed by atoms with Crippen LogP contribution in [0.5, 0.6) is 0 Å². The van der Waals surface area contributed by atoms with Crippen molar-refractivity contribution in [3.63, 3.8) is 0 Å². The lowest BCUT2D eigenvalue weighted by atomic mass is 10.0. The van der Waals surface area contributed by atoms with Crippen molar-refractivity contribution in [1.29, 1.82) is 0 Å². The van der Waals surface area contributed by atoms with E-state index in [1.807, 2.05) is 54.6 Å². The van der Waals surface area contributed by atoms with Crippen LogP contribution < -0.4 is 5.32 Å². The molecular weight excluding hydrogens is 564 g/mol. The number of nitrogens with one attached hydrogen (secondary N) is 1. The lowest BCUT2D eigenvalue weighted by Gasteiger charge is -2.20. The van der Waals surface area contributed by atoms with Crippen molar-refractivity contribution in [3.05, 3.63) is 156 Å². The summed E-state index contributed by atoms with van der Waals surface area (Å²) in [5, 5.41) is 13.7. The van der Waals surface area contributed by atoms with Gasteiger partial charge < -0.3 is 15.0 Å². The predicted molar refractivity (Wildman–Crippen MR) is 175 cm³/mol. The van der Waals surface area contributed by atoms with E-state index >= 15 is 0 Å². The quantitative estimate of drug-likeness (QED) is 0.176. The van der Waals surface area contributed by atoms with Gasteiger partial charge in [0.15, 0.2) is 0 Å². The molecule has 0 bridgehead atoms. The maximum absolute atomic E-state index is 14.1. The van der Waals surface area contributed by atoms with E-state index in [0.29, 0.717) is 12.1 Å². The summed E-state index contributed by atoms with van der Waals surface area (Å²) >= 11 is 1.64. The Hall–Kier alpha value is -5.07. The minimum absolute atomic E-state index is 0.135. The zero-order chi connectivity index (χ0) is 30.1. The molecule has 6 aromatic rings. The first-order valence-electron chi connectivity index (χ1n) is 14.6. The first kappa shape index (κ1) is 27.7. The van der Waals surface area contributed by atoms with Gasteiger partial charge in [-0.15, -0.1) is 0 Å². The normalized spacial score (nSPS) is 13.5. The van der Waals surface area contributed by atoms with Gasteiger partial charge in [-0.2, -0.15) is 0 Å². The number of benzene rings is 5. The number of fused-ring (bicyclic) bond motifs is 1. The van der Waals surface area contributed by atoms with Crippen molar-refractivity contribution in [2.75, 3.05) is 0 Å². The van der Waals surface area contributed by atoms with Crippen LogP contribution in [0.25, 0.3) is 22.0 Å². The number of hydrogen-bond acceptors (Lipinski definition) is 3. The van der Waals surface area contributed by atoms with Crippen molar-refractivity contribution in [1.82, 2.24) is 9.88 Å². The number of aromatic nitrogens is 1. The number of amides is 1. The molecule has 0 spiro atoms. The van der Waals surface area contributed by atoms with Crippen LogP contribution in [0.4, 0.5) is 0 Å². The highest BCUT2D eigenvalue weighted by molar-refractivity contribution is 7.99. The summed E-state index contributed by atoms with van der Waals surface area (Å²) in [6, 6.07) is 42.1. The van der Waals surface area contributed by atoms with E-state index in [-0.39, 0.29) is 11.5 Å². The van der Waals surface area contributed by atoms with Gasteiger partial charge in [0.05, 0.1) is 22.2 Å². The van der Waals surface area contributed by atoms with Gasteiger partial charge in [0.2, 0.25) is 0 Å². The second-order valence-electron chi connectivity index (χ2n) is 11.2. The first-order chi connectivity index (χ1) is 21.5. The molecule has 1 heterocycles. The van der Waals surface area contributed by atoms with Gasteiger partial charge in [-0.05, 0) is 77.6 Å². The fraction of sp³-hybridized carbons (Fsp3) is 0.105. The maximum atomic E-state index is 14.1. The molecule has 0 atom stereocenters. The Morgan fingerprint density at radius 3 is 2.07 bits per heavy atom. The Balaban J connectivity index is 1.22. The van der Waals surface area contributed by atoms with Crippen molar-refractivity contribution in [2.24, 2.45) is 0 Å². The summed E-state index contributed by atoms with van der Waals surface area (Å²) in [5.74, 6) is -1.10. The molecule has 1 saturated carbocycles. The van der Waals surface area contributed by atoms with Crippen LogP contribution in [-0.2, 0) is 12.1 Å². The minimum Gasteiger partial charge on any atom is -0.478 e. The molecule has 5 aromatic carbocycles. The fourth-order valence-corrected chi connectivity index (χ4v) is 6.70. The summed E-state index contributed by atoms with van der Waals surface area (Å²) < 4.78 is 2.15. The smallest absolute Gasteiger partial charge is 0.335 e. The zero-order valence-corrected chi connectivity index (χ0v) is 24.8. The molecule has 1 amide bonds. The van der Waals surface area contributed by atoms with E-state index in [1.165, 1.54) is 11.1 Å². The second kappa shape index (κ2) is 11.5. The molecule has 0 saturated heterocycles. The van der Waals surface area contributed by atoms with Gasteiger partial charge in [0.1, 0.15) is 0 Å². The third kappa shape index (κ3) is 5.64. The number of nitrogens with zero attached hydrogens (tertiary/aromatic N) is 1. The molecular formula is C38H30N2O3S. The third-order valence-electron chi connectivity index (χ3n) is 8.26. The molecule has 0 radical (unpaired) electrons. The molecule has 0 unspecified atom stereocenters. The third-order valence-corrected chi connectivity index (χ3v) is 9.24. The van der Waals surface area contributed by atoms with Crippen LogP contribution in [0.3, 0.4) is 0 Å². The van der Waals surface area contributed by atoms with E-state index in [2.05, 4.69) is 76.7 Å². The Labute approximate surface area is 260 Å². The molecule has 44 heavy (non-hydrogen) atoms. The highest BCUT2D eigenvalue weighted by atomic mass is 32.2. The van der Waals surface area contributed by atoms with Crippen LogP contribution >= 0.6 is 11.8 Å². The van der Waals surface area contributed by atoms with E-state index in [0.717, 1.165) is 44.7 Å². The second-order valence-corrected chi connectivity index (χ2v) is 12.4. The number of rotatable bonds is 9. The lowest BCUT2D eigenvalue weighted by molar-refractivity contribution is 0.0696. The summed E-state index contributed by atoms with van der Waals surface area (Å²) in [7, 11) is 0. The van der Waals surface area contributed by atoms with Crippen molar-refractivity contribution >= 4 is 34.5 Å². The Morgan fingerprint density at radius 2 is 1.41 bits per heavy atom. The number of carboxylic acid groups (broad SMARTS) is 1. The first-order valence-corrected chi connectivity index (χ1v) is 15.5. The predicted octanol–water partition coefficient (Wildman–Crippen LogP) is 8.63. The van der Waals surface area contributed by atoms with Crippen molar-refractivity contribution < 1.29 is 14.7 Å². The molecule has 1 aromatic heterocycles. The lowest BCUT2D eigenvalue weighted by Crippen LogP contribution is -2.35. The van der Waals surface area contributed by atoms with Gasteiger partial charge in [-0.3, -0.25) is 4.79 Å². The van der Waals surface area contributed by atoms with E-state index < -0.39 is 11.5 Å². The SMILES string of the molecule is O=C(O)c1ccc(C2(NC(=O)c3cc(Sc4ccccc4)cc4ccn(Cc5ccc(-c6ccccc6)cc5)c34)CC2)cc1. The fourth-order valence-electron chi connectivity index (χ4n) is 5.77. The van der Waals surface area contributed by atoms with Gasteiger partial charge in [0, 0.05) is 27.9 Å². The minimum atomic E-state index is -0.962. The summed E-state index contributed by atoms with van der Waals surface area (Å²) in [5.41, 5.74) is 5.68. The Morgan fingerprint density at radius 1 is 0.750 bits per heavy atom. The van der Waals surface area contributed by atoms with Crippen LogP contribution in [0.2, 0.25) is 0 Å². The van der Waals surface area contributed by atoms with E-state index in [9.17, 15) is 14.7 Å². The highest BCUT2D eigenvalue weighted by Crippen LogP contribution is 2.46. The largest absolute Gasteiger partial charge is 0.478 e. The molecule has 6 heteroatoms. The molecule has 1 fully saturated rings. The van der Waals surface area contributed by atoms with Crippen LogP contribution in [0.1, 0.15) is 44.7 Å². The van der Waals surface area contributed by atoms with Crippen molar-refractivity contribution in [3.8, 4) is 11.1 Å². The van der Waals surface area contributed by atoms with Gasteiger partial charge >= 0.3 is 5.97 Å². The number of aromatic carboxylic acids is 1. The average molecular weight is 595 g/mol. The number of hydrogen-bond donors (Lipinski definition) is 2. The Kier molecular flexibility index (Phi) is 7.28. The molecule has 1 aliphatic rings. The summed E-state index contributed by atoms with van der Waals surface area (Å²) in [6.45, 7) is 0.631.